The van der Waals surface area contributed by atoms with Crippen molar-refractivity contribution in [3.63, 3.8) is 0 Å². The highest BCUT2D eigenvalue weighted by molar-refractivity contribution is 7.99. The van der Waals surface area contributed by atoms with E-state index in [1.807, 2.05) is 0 Å². The van der Waals surface area contributed by atoms with Gasteiger partial charge in [0.05, 0.1) is 10.2 Å². The van der Waals surface area contributed by atoms with Crippen LogP contribution in [-0.4, -0.2) is 28.2 Å². The number of hydrogen-bond donors (Lipinski definition) is 0. The predicted octanol–water partition coefficient (Wildman–Crippen LogP) is 5.38. The van der Waals surface area contributed by atoms with Crippen LogP contribution in [0, 0.1) is 5.82 Å². The topological polar surface area (TPSA) is 34.4 Å². The van der Waals surface area contributed by atoms with Gasteiger partial charge in [-0.25, -0.2) is 4.39 Å². The summed E-state index contributed by atoms with van der Waals surface area (Å²) >= 11 is 4.91. The highest BCUT2D eigenvalue weighted by Gasteiger charge is 2.09. The minimum absolute atomic E-state index is 0.116. The molecule has 3 nitrogen and oxygen atoms in total. The fourth-order valence-corrected chi connectivity index (χ4v) is 5.11. The van der Waals surface area contributed by atoms with Crippen LogP contribution in [0.25, 0.3) is 10.2 Å². The molecule has 2 aromatic carbocycles. The maximum Gasteiger partial charge on any atom is 0.249 e. The van der Waals surface area contributed by atoms with E-state index in [4.69, 9.17) is 0 Å². The van der Waals surface area contributed by atoms with Crippen LogP contribution >= 0.6 is 34.9 Å². The van der Waals surface area contributed by atoms with Crippen LogP contribution in [0.3, 0.4) is 0 Å². The van der Waals surface area contributed by atoms with Crippen molar-refractivity contribution in [1.29, 1.82) is 0 Å². The van der Waals surface area contributed by atoms with Crippen LogP contribution in [-0.2, 0) is 17.8 Å². The van der Waals surface area contributed by atoms with E-state index >= 15 is 0 Å². The number of rotatable bonds is 8. The molecule has 0 atom stereocenters. The van der Waals surface area contributed by atoms with Crippen LogP contribution in [0.1, 0.15) is 18.9 Å². The molecular formula is C21H23FN2OS3. The average molecular weight is 435 g/mol. The normalized spacial score (nSPS) is 12.0. The Labute approximate surface area is 177 Å². The lowest BCUT2D eigenvalue weighted by Gasteiger charge is -2.04. The fourth-order valence-electron chi connectivity index (χ4n) is 2.77. The van der Waals surface area contributed by atoms with Gasteiger partial charge in [-0.1, -0.05) is 24.3 Å². The van der Waals surface area contributed by atoms with Crippen molar-refractivity contribution in [3.8, 4) is 0 Å². The summed E-state index contributed by atoms with van der Waals surface area (Å²) in [5, 5.41) is 0. The van der Waals surface area contributed by atoms with Gasteiger partial charge in [0.2, 0.25) is 5.91 Å². The van der Waals surface area contributed by atoms with Gasteiger partial charge in [0.1, 0.15) is 5.82 Å². The second kappa shape index (κ2) is 10.3. The highest BCUT2D eigenvalue weighted by Crippen LogP contribution is 2.21. The van der Waals surface area contributed by atoms with E-state index in [1.54, 1.807) is 47.0 Å². The van der Waals surface area contributed by atoms with E-state index in [-0.39, 0.29) is 11.7 Å². The van der Waals surface area contributed by atoms with Gasteiger partial charge >= 0.3 is 0 Å². The molecule has 0 aliphatic rings. The van der Waals surface area contributed by atoms with Gasteiger partial charge < -0.3 is 4.57 Å². The standard InChI is InChI=1S/C21H23FN2OS3/c1-3-15-4-9-18-19(14-15)28-21(24(18)11-13-26-2)23-20(25)10-12-27-17-7-5-16(22)6-8-17/h4-9,14H,3,10-13H2,1-2H3. The van der Waals surface area contributed by atoms with Gasteiger partial charge in [-0.05, 0) is 54.6 Å². The third-order valence-electron chi connectivity index (χ3n) is 4.29. The summed E-state index contributed by atoms with van der Waals surface area (Å²) in [5.74, 6) is 1.24. The third-order valence-corrected chi connectivity index (χ3v) is 6.94. The van der Waals surface area contributed by atoms with Crippen molar-refractivity contribution in [2.24, 2.45) is 4.99 Å². The van der Waals surface area contributed by atoms with Gasteiger partial charge in [-0.3, -0.25) is 4.79 Å². The number of hydrogen-bond acceptors (Lipinski definition) is 4. The summed E-state index contributed by atoms with van der Waals surface area (Å²) in [4.78, 5) is 18.6. The number of carbonyl (C=O) groups is 1. The Balaban J connectivity index is 1.76. The summed E-state index contributed by atoms with van der Waals surface area (Å²) < 4.78 is 16.3. The Morgan fingerprint density at radius 1 is 1.18 bits per heavy atom. The van der Waals surface area contributed by atoms with Gasteiger partial charge in [-0.2, -0.15) is 16.8 Å². The highest BCUT2D eigenvalue weighted by atomic mass is 32.2. The lowest BCUT2D eigenvalue weighted by molar-refractivity contribution is -0.117. The van der Waals surface area contributed by atoms with E-state index in [0.29, 0.717) is 12.2 Å². The van der Waals surface area contributed by atoms with E-state index in [1.165, 1.54) is 22.4 Å². The average Bonchev–Trinajstić information content (AvgIpc) is 3.03. The van der Waals surface area contributed by atoms with E-state index in [2.05, 4.69) is 40.9 Å². The molecule has 7 heteroatoms. The number of amides is 1. The number of thioether (sulfide) groups is 2. The van der Waals surface area contributed by atoms with Crippen molar-refractivity contribution in [3.05, 3.63) is 58.6 Å². The number of carbonyl (C=O) groups excluding carboxylic acids is 1. The molecule has 0 saturated carbocycles. The summed E-state index contributed by atoms with van der Waals surface area (Å²) in [7, 11) is 0. The molecule has 0 radical (unpaired) electrons. The summed E-state index contributed by atoms with van der Waals surface area (Å²) in [6.45, 7) is 2.98. The third kappa shape index (κ3) is 5.49. The van der Waals surface area contributed by atoms with Crippen LogP contribution in [0.4, 0.5) is 4.39 Å². The Kier molecular flexibility index (Phi) is 7.76. The maximum absolute atomic E-state index is 13.0. The zero-order valence-electron chi connectivity index (χ0n) is 16.0. The number of aromatic nitrogens is 1. The first-order valence-corrected chi connectivity index (χ1v) is 12.4. The fraction of sp³-hybridized carbons (Fsp3) is 0.333. The number of nitrogens with zero attached hydrogens (tertiary/aromatic N) is 2. The zero-order valence-corrected chi connectivity index (χ0v) is 18.4. The van der Waals surface area contributed by atoms with E-state index in [0.717, 1.165) is 33.9 Å². The molecule has 0 aliphatic heterocycles. The second-order valence-electron chi connectivity index (χ2n) is 6.24. The molecule has 0 unspecified atom stereocenters. The predicted molar refractivity (Wildman–Crippen MR) is 120 cm³/mol. The SMILES string of the molecule is CCc1ccc2c(c1)sc(=NC(=O)CCSc1ccc(F)cc1)n2CCSC. The molecule has 0 saturated heterocycles. The molecule has 1 heterocycles. The second-order valence-corrected chi connectivity index (χ2v) is 9.41. The van der Waals surface area contributed by atoms with Crippen molar-refractivity contribution in [1.82, 2.24) is 4.57 Å². The minimum Gasteiger partial charge on any atom is -0.316 e. The Bertz CT molecular complexity index is 1010. The molecule has 0 spiro atoms. The van der Waals surface area contributed by atoms with Crippen molar-refractivity contribution in [2.45, 2.75) is 31.2 Å². The van der Waals surface area contributed by atoms with Crippen molar-refractivity contribution in [2.75, 3.05) is 17.8 Å². The molecular weight excluding hydrogens is 411 g/mol. The molecule has 0 bridgehead atoms. The van der Waals surface area contributed by atoms with Crippen LogP contribution in [0.15, 0.2) is 52.4 Å². The Hall–Kier alpha value is -1.57. The number of benzene rings is 2. The first kappa shape index (κ1) is 21.1. The molecule has 3 rings (SSSR count). The summed E-state index contributed by atoms with van der Waals surface area (Å²) in [6.07, 6.45) is 3.43. The number of fused-ring (bicyclic) bond motifs is 1. The first-order chi connectivity index (χ1) is 13.6. The molecule has 0 aliphatic carbocycles. The largest absolute Gasteiger partial charge is 0.316 e. The lowest BCUT2D eigenvalue weighted by Crippen LogP contribution is -2.18. The van der Waals surface area contributed by atoms with Crippen LogP contribution in [0.2, 0.25) is 0 Å². The van der Waals surface area contributed by atoms with E-state index in [9.17, 15) is 9.18 Å². The van der Waals surface area contributed by atoms with Crippen molar-refractivity contribution >= 4 is 51.0 Å². The molecule has 1 aromatic heterocycles. The monoisotopic (exact) mass is 434 g/mol. The van der Waals surface area contributed by atoms with Gasteiger partial charge in [0, 0.05) is 29.4 Å². The quantitative estimate of drug-likeness (QED) is 0.447. The molecule has 1 amide bonds. The summed E-state index contributed by atoms with van der Waals surface area (Å²) in [5.41, 5.74) is 2.43. The zero-order chi connectivity index (χ0) is 19.9. The molecule has 28 heavy (non-hydrogen) atoms. The van der Waals surface area contributed by atoms with Gasteiger partial charge in [-0.15, -0.1) is 11.8 Å². The minimum atomic E-state index is -0.249. The summed E-state index contributed by atoms with van der Waals surface area (Å²) in [6, 6.07) is 12.8. The molecule has 148 valence electrons. The van der Waals surface area contributed by atoms with Crippen molar-refractivity contribution < 1.29 is 9.18 Å². The lowest BCUT2D eigenvalue weighted by atomic mass is 10.2. The van der Waals surface area contributed by atoms with Crippen LogP contribution < -0.4 is 4.80 Å². The van der Waals surface area contributed by atoms with Gasteiger partial charge in [0.15, 0.2) is 4.80 Å². The molecule has 3 aromatic rings. The molecule has 0 N–H and O–H groups in total. The Morgan fingerprint density at radius 3 is 2.68 bits per heavy atom. The Morgan fingerprint density at radius 2 is 1.96 bits per heavy atom. The number of thiazole rings is 1. The smallest absolute Gasteiger partial charge is 0.249 e. The molecule has 0 fully saturated rings. The number of aryl methyl sites for hydroxylation is 2. The van der Waals surface area contributed by atoms with E-state index < -0.39 is 0 Å². The first-order valence-electron chi connectivity index (χ1n) is 9.18. The van der Waals surface area contributed by atoms with Crippen LogP contribution in [0.5, 0.6) is 0 Å². The maximum atomic E-state index is 13.0. The van der Waals surface area contributed by atoms with Gasteiger partial charge in [0.25, 0.3) is 0 Å². The number of halogens is 1.